The second kappa shape index (κ2) is 11.9. The zero-order chi connectivity index (χ0) is 30.4. The van der Waals surface area contributed by atoms with Crippen molar-refractivity contribution in [2.45, 2.75) is 57.7 Å². The third-order valence-corrected chi connectivity index (χ3v) is 9.31. The van der Waals surface area contributed by atoms with E-state index in [-0.39, 0.29) is 52.5 Å². The molecule has 3 aromatic rings. The standard InChI is InChI=1S/C32H36ClF2N5O3/c1-4-27(41)38-16-20(3)39(17-19(38)2)31-24-15-25(33)28(23-10-9-21(34)14-26(23)35)30-29(24)40(32(42)36-31)22(18-43-30)8-7-13-37-11-5-6-12-37/h4,9-10,14-15,19-20,22H,1,5-8,11-13,16-18H2,2-3H3/t19-,20+,22-/m1/s1. The van der Waals surface area contributed by atoms with Crippen LogP contribution in [0.15, 0.2) is 41.7 Å². The number of carbonyl (C=O) groups is 1. The van der Waals surface area contributed by atoms with Gasteiger partial charge in [-0.3, -0.25) is 9.36 Å². The Morgan fingerprint density at radius 2 is 1.93 bits per heavy atom. The summed E-state index contributed by atoms with van der Waals surface area (Å²) < 4.78 is 37.0. The summed E-state index contributed by atoms with van der Waals surface area (Å²) in [6, 6.07) is 4.43. The van der Waals surface area contributed by atoms with Gasteiger partial charge in [0.2, 0.25) is 5.91 Å². The minimum absolute atomic E-state index is 0.0895. The van der Waals surface area contributed by atoms with E-state index < -0.39 is 17.3 Å². The number of piperazine rings is 1. The van der Waals surface area contributed by atoms with Crippen LogP contribution in [0, 0.1) is 11.6 Å². The second-order valence-electron chi connectivity index (χ2n) is 11.9. The highest BCUT2D eigenvalue weighted by molar-refractivity contribution is 6.35. The minimum Gasteiger partial charge on any atom is -0.488 e. The van der Waals surface area contributed by atoms with E-state index in [1.165, 1.54) is 31.1 Å². The summed E-state index contributed by atoms with van der Waals surface area (Å²) in [5.74, 6) is -0.903. The zero-order valence-electron chi connectivity index (χ0n) is 24.5. The first-order chi connectivity index (χ1) is 20.7. The van der Waals surface area contributed by atoms with Crippen LogP contribution in [0.3, 0.4) is 0 Å². The minimum atomic E-state index is -0.775. The number of halogens is 3. The van der Waals surface area contributed by atoms with E-state index in [0.29, 0.717) is 36.2 Å². The Labute approximate surface area is 254 Å². The second-order valence-corrected chi connectivity index (χ2v) is 12.3. The molecule has 0 N–H and O–H groups in total. The number of likely N-dealkylation sites (tertiary alicyclic amines) is 1. The van der Waals surface area contributed by atoms with Gasteiger partial charge >= 0.3 is 5.69 Å². The molecule has 2 aromatic carbocycles. The molecular formula is C32H36ClF2N5O3. The van der Waals surface area contributed by atoms with Gasteiger partial charge in [0.15, 0.2) is 5.75 Å². The van der Waals surface area contributed by atoms with E-state index in [0.717, 1.165) is 32.1 Å². The lowest BCUT2D eigenvalue weighted by Gasteiger charge is -2.45. The maximum absolute atomic E-state index is 15.1. The Morgan fingerprint density at radius 3 is 2.65 bits per heavy atom. The Morgan fingerprint density at radius 1 is 1.16 bits per heavy atom. The molecule has 6 rings (SSSR count). The molecule has 0 bridgehead atoms. The Balaban J connectivity index is 1.49. The molecule has 0 unspecified atom stereocenters. The molecule has 0 aliphatic carbocycles. The Kier molecular flexibility index (Phi) is 8.17. The number of rotatable bonds is 7. The van der Waals surface area contributed by atoms with Crippen LogP contribution in [0.5, 0.6) is 5.75 Å². The smallest absolute Gasteiger partial charge is 0.350 e. The molecule has 4 heterocycles. The summed E-state index contributed by atoms with van der Waals surface area (Å²) in [4.78, 5) is 37.2. The van der Waals surface area contributed by atoms with Gasteiger partial charge in [-0.2, -0.15) is 4.98 Å². The van der Waals surface area contributed by atoms with Gasteiger partial charge < -0.3 is 19.4 Å². The van der Waals surface area contributed by atoms with Crippen molar-refractivity contribution in [2.75, 3.05) is 44.2 Å². The van der Waals surface area contributed by atoms with Gasteiger partial charge in [-0.25, -0.2) is 13.6 Å². The van der Waals surface area contributed by atoms with Crippen LogP contribution in [0.4, 0.5) is 14.6 Å². The summed E-state index contributed by atoms with van der Waals surface area (Å²) in [5.41, 5.74) is 0.442. The van der Waals surface area contributed by atoms with Crippen molar-refractivity contribution >= 4 is 34.2 Å². The zero-order valence-corrected chi connectivity index (χ0v) is 25.2. The van der Waals surface area contributed by atoms with Crippen LogP contribution in [-0.2, 0) is 4.79 Å². The number of hydrogen-bond acceptors (Lipinski definition) is 6. The van der Waals surface area contributed by atoms with E-state index in [2.05, 4.69) is 16.5 Å². The summed E-state index contributed by atoms with van der Waals surface area (Å²) >= 11 is 6.86. The van der Waals surface area contributed by atoms with Gasteiger partial charge in [0.25, 0.3) is 0 Å². The molecule has 228 valence electrons. The molecule has 1 aromatic heterocycles. The van der Waals surface area contributed by atoms with Gasteiger partial charge in [-0.15, -0.1) is 0 Å². The summed E-state index contributed by atoms with van der Waals surface area (Å²) in [6.45, 7) is 11.7. The highest BCUT2D eigenvalue weighted by Gasteiger charge is 2.36. The number of carbonyl (C=O) groups excluding carboxylic acids is 1. The highest BCUT2D eigenvalue weighted by Crippen LogP contribution is 2.47. The van der Waals surface area contributed by atoms with Crippen molar-refractivity contribution in [3.05, 3.63) is 64.1 Å². The lowest BCUT2D eigenvalue weighted by molar-refractivity contribution is -0.128. The summed E-state index contributed by atoms with van der Waals surface area (Å²) in [6.07, 6.45) is 5.33. The largest absolute Gasteiger partial charge is 0.488 e. The van der Waals surface area contributed by atoms with E-state index in [1.54, 1.807) is 15.5 Å². The lowest BCUT2D eigenvalue weighted by Crippen LogP contribution is -2.58. The topological polar surface area (TPSA) is 70.9 Å². The first kappa shape index (κ1) is 29.6. The van der Waals surface area contributed by atoms with Crippen LogP contribution in [-0.4, -0.2) is 76.7 Å². The maximum atomic E-state index is 15.1. The van der Waals surface area contributed by atoms with Crippen LogP contribution in [0.1, 0.15) is 45.6 Å². The molecule has 3 atom stereocenters. The average Bonchev–Trinajstić information content (AvgIpc) is 3.50. The van der Waals surface area contributed by atoms with Crippen molar-refractivity contribution in [3.63, 3.8) is 0 Å². The molecule has 43 heavy (non-hydrogen) atoms. The molecular weight excluding hydrogens is 576 g/mol. The molecule has 11 heteroatoms. The average molecular weight is 612 g/mol. The Bertz CT molecular complexity index is 1640. The molecule has 0 radical (unpaired) electrons. The van der Waals surface area contributed by atoms with Crippen molar-refractivity contribution in [1.29, 1.82) is 0 Å². The summed E-state index contributed by atoms with van der Waals surface area (Å²) in [5, 5.41) is 0.813. The van der Waals surface area contributed by atoms with Crippen molar-refractivity contribution in [1.82, 2.24) is 19.4 Å². The molecule has 0 spiro atoms. The quantitative estimate of drug-likeness (QED) is 0.333. The van der Waals surface area contributed by atoms with Gasteiger partial charge in [0, 0.05) is 47.8 Å². The van der Waals surface area contributed by atoms with Crippen LogP contribution in [0.25, 0.3) is 22.0 Å². The monoisotopic (exact) mass is 611 g/mol. The fourth-order valence-electron chi connectivity index (χ4n) is 6.84. The van der Waals surface area contributed by atoms with Gasteiger partial charge in [-0.05, 0) is 83.4 Å². The number of aromatic nitrogens is 2. The van der Waals surface area contributed by atoms with Crippen molar-refractivity contribution in [2.24, 2.45) is 0 Å². The molecule has 3 aliphatic rings. The van der Waals surface area contributed by atoms with Crippen molar-refractivity contribution in [3.8, 4) is 16.9 Å². The first-order valence-corrected chi connectivity index (χ1v) is 15.3. The Hall–Kier alpha value is -3.50. The van der Waals surface area contributed by atoms with Crippen molar-refractivity contribution < 1.29 is 18.3 Å². The van der Waals surface area contributed by atoms with Crippen LogP contribution < -0.4 is 15.3 Å². The van der Waals surface area contributed by atoms with Crippen LogP contribution in [0.2, 0.25) is 5.02 Å². The van der Waals surface area contributed by atoms with E-state index >= 15 is 4.39 Å². The fourth-order valence-corrected chi connectivity index (χ4v) is 7.13. The number of benzene rings is 2. The number of ether oxygens (including phenoxy) is 1. The number of nitrogens with zero attached hydrogens (tertiary/aromatic N) is 5. The normalized spacial score (nSPS) is 22.2. The fraction of sp³-hybridized carbons (Fsp3) is 0.469. The van der Waals surface area contributed by atoms with Crippen LogP contribution >= 0.6 is 11.6 Å². The number of hydrogen-bond donors (Lipinski definition) is 0. The third-order valence-electron chi connectivity index (χ3n) is 9.01. The lowest BCUT2D eigenvalue weighted by atomic mass is 9.98. The maximum Gasteiger partial charge on any atom is 0.350 e. The summed E-state index contributed by atoms with van der Waals surface area (Å²) in [7, 11) is 0. The highest BCUT2D eigenvalue weighted by atomic mass is 35.5. The first-order valence-electron chi connectivity index (χ1n) is 15.0. The van der Waals surface area contributed by atoms with Gasteiger partial charge in [0.05, 0.1) is 16.6 Å². The molecule has 2 saturated heterocycles. The van der Waals surface area contributed by atoms with E-state index in [9.17, 15) is 14.0 Å². The molecule has 1 amide bonds. The number of amides is 1. The molecule has 3 aliphatic heterocycles. The molecule has 2 fully saturated rings. The molecule has 0 saturated carbocycles. The predicted molar refractivity (Wildman–Crippen MR) is 164 cm³/mol. The number of anilines is 1. The molecule has 8 nitrogen and oxygen atoms in total. The predicted octanol–water partition coefficient (Wildman–Crippen LogP) is 5.42. The van der Waals surface area contributed by atoms with E-state index in [1.807, 2.05) is 18.7 Å². The SMILES string of the molecule is C=CC(=O)N1C[C@H](C)N(c2nc(=O)n3c4c(c(-c5ccc(F)cc5F)c(Cl)cc24)OC[C@H]3CCCN2CCCC2)C[C@H]1C. The van der Waals surface area contributed by atoms with Gasteiger partial charge in [-0.1, -0.05) is 18.2 Å². The van der Waals surface area contributed by atoms with Gasteiger partial charge in [0.1, 0.15) is 24.1 Å². The van der Waals surface area contributed by atoms with E-state index in [4.69, 9.17) is 16.3 Å². The third kappa shape index (κ3) is 5.40.